The summed E-state index contributed by atoms with van der Waals surface area (Å²) >= 11 is 0. The number of alkyl carbamates (subject to hydrolysis) is 1. The monoisotopic (exact) mass is 290 g/mol. The number of nitrogens with one attached hydrogen (secondary N) is 1. The zero-order valence-corrected chi connectivity index (χ0v) is 12.2. The maximum absolute atomic E-state index is 11.7. The average Bonchev–Trinajstić information content (AvgIpc) is 2.43. The van der Waals surface area contributed by atoms with Gasteiger partial charge in [0.2, 0.25) is 0 Å². The third-order valence-electron chi connectivity index (χ3n) is 3.42. The molecule has 6 nitrogen and oxygen atoms in total. The Bertz CT molecular complexity index is 592. The quantitative estimate of drug-likeness (QED) is 0.867. The van der Waals surface area contributed by atoms with E-state index < -0.39 is 23.8 Å². The lowest BCUT2D eigenvalue weighted by Gasteiger charge is -2.42. The van der Waals surface area contributed by atoms with Crippen LogP contribution < -0.4 is 10.1 Å². The Balaban J connectivity index is 2.42. The molecule has 112 valence electrons. The van der Waals surface area contributed by atoms with Gasteiger partial charge in [-0.1, -0.05) is 0 Å². The van der Waals surface area contributed by atoms with Crippen molar-refractivity contribution in [1.82, 2.24) is 5.32 Å². The van der Waals surface area contributed by atoms with E-state index in [1.165, 1.54) is 0 Å². The lowest BCUT2D eigenvalue weighted by Crippen LogP contribution is -2.53. The first kappa shape index (κ1) is 15.1. The third-order valence-corrected chi connectivity index (χ3v) is 3.42. The minimum absolute atomic E-state index is 0.236. The van der Waals surface area contributed by atoms with Crippen molar-refractivity contribution in [2.45, 2.75) is 38.5 Å². The number of fused-ring (bicyclic) bond motifs is 1. The molecular weight excluding hydrogens is 272 g/mol. The number of hydrogen-bond acceptors (Lipinski definition) is 5. The topological polar surface area (TPSA) is 91.6 Å². The standard InChI is InChI=1S/C15H18N2O4/c1-4-20-14(19)17-12-10-7-9(8-16)5-6-11(10)21-15(2,3)13(12)18/h5-7,12-13,18H,4H2,1-3H3,(H,17,19)/t12-,13+/m0/s1. The smallest absolute Gasteiger partial charge is 0.407 e. The number of rotatable bonds is 2. The molecule has 1 aliphatic heterocycles. The number of benzene rings is 1. The van der Waals surface area contributed by atoms with E-state index >= 15 is 0 Å². The Morgan fingerprint density at radius 1 is 1.57 bits per heavy atom. The molecule has 0 spiro atoms. The molecule has 1 heterocycles. The van der Waals surface area contributed by atoms with E-state index in [-0.39, 0.29) is 6.61 Å². The van der Waals surface area contributed by atoms with Gasteiger partial charge in [-0.05, 0) is 39.0 Å². The fourth-order valence-corrected chi connectivity index (χ4v) is 2.33. The zero-order chi connectivity index (χ0) is 15.6. The highest BCUT2D eigenvalue weighted by molar-refractivity contribution is 5.68. The van der Waals surface area contributed by atoms with E-state index in [4.69, 9.17) is 14.7 Å². The molecule has 2 N–H and O–H groups in total. The summed E-state index contributed by atoms with van der Waals surface area (Å²) in [5, 5.41) is 22.1. The maximum Gasteiger partial charge on any atom is 0.407 e. The van der Waals surface area contributed by atoms with Crippen LogP contribution in [0.15, 0.2) is 18.2 Å². The summed E-state index contributed by atoms with van der Waals surface area (Å²) in [7, 11) is 0. The lowest BCUT2D eigenvalue weighted by molar-refractivity contribution is -0.0636. The molecule has 0 fully saturated rings. The van der Waals surface area contributed by atoms with Crippen LogP contribution in [0.4, 0.5) is 4.79 Å². The van der Waals surface area contributed by atoms with Crippen molar-refractivity contribution in [3.05, 3.63) is 29.3 Å². The first-order chi connectivity index (χ1) is 9.89. The van der Waals surface area contributed by atoms with Crippen LogP contribution in [0.2, 0.25) is 0 Å². The first-order valence-electron chi connectivity index (χ1n) is 6.73. The molecular formula is C15H18N2O4. The predicted molar refractivity (Wildman–Crippen MR) is 74.8 cm³/mol. The molecule has 0 radical (unpaired) electrons. The summed E-state index contributed by atoms with van der Waals surface area (Å²) in [6.45, 7) is 5.41. The molecule has 6 heteroatoms. The fourth-order valence-electron chi connectivity index (χ4n) is 2.33. The Kier molecular flexibility index (Phi) is 4.05. The Labute approximate surface area is 123 Å². The lowest BCUT2D eigenvalue weighted by atomic mass is 9.86. The molecule has 0 saturated heterocycles. The molecule has 0 unspecified atom stereocenters. The van der Waals surface area contributed by atoms with Crippen LogP contribution in [0.1, 0.15) is 37.9 Å². The van der Waals surface area contributed by atoms with Gasteiger partial charge < -0.3 is 19.9 Å². The highest BCUT2D eigenvalue weighted by atomic mass is 16.5. The Morgan fingerprint density at radius 2 is 2.29 bits per heavy atom. The summed E-state index contributed by atoms with van der Waals surface area (Å²) in [6, 6.07) is 6.24. The maximum atomic E-state index is 11.7. The second kappa shape index (κ2) is 5.62. The molecule has 0 aromatic heterocycles. The van der Waals surface area contributed by atoms with Gasteiger partial charge in [-0.15, -0.1) is 0 Å². The van der Waals surface area contributed by atoms with Crippen molar-refractivity contribution in [1.29, 1.82) is 5.26 Å². The van der Waals surface area contributed by atoms with Crippen molar-refractivity contribution in [3.63, 3.8) is 0 Å². The van der Waals surface area contributed by atoms with E-state index in [1.54, 1.807) is 39.0 Å². The second-order valence-electron chi connectivity index (χ2n) is 5.36. The van der Waals surface area contributed by atoms with Gasteiger partial charge in [-0.25, -0.2) is 4.79 Å². The minimum Gasteiger partial charge on any atom is -0.485 e. The molecule has 2 atom stereocenters. The minimum atomic E-state index is -0.969. The molecule has 0 aliphatic carbocycles. The van der Waals surface area contributed by atoms with Crippen LogP contribution in [-0.2, 0) is 4.74 Å². The van der Waals surface area contributed by atoms with E-state index in [0.29, 0.717) is 16.9 Å². The summed E-state index contributed by atoms with van der Waals surface area (Å²) in [5.41, 5.74) is 0.125. The number of hydrogen-bond donors (Lipinski definition) is 2. The van der Waals surface area contributed by atoms with Gasteiger partial charge in [0.25, 0.3) is 0 Å². The van der Waals surface area contributed by atoms with Gasteiger partial charge in [0.05, 0.1) is 24.3 Å². The largest absolute Gasteiger partial charge is 0.485 e. The summed E-state index contributed by atoms with van der Waals surface area (Å²) in [5.74, 6) is 0.533. The summed E-state index contributed by atoms with van der Waals surface area (Å²) < 4.78 is 10.6. The summed E-state index contributed by atoms with van der Waals surface area (Å²) in [4.78, 5) is 11.7. The van der Waals surface area contributed by atoms with E-state index in [1.807, 2.05) is 6.07 Å². The molecule has 1 aromatic carbocycles. The normalized spacial score (nSPS) is 22.4. The molecule has 1 amide bonds. The molecule has 21 heavy (non-hydrogen) atoms. The Hall–Kier alpha value is -2.26. The SMILES string of the molecule is CCOC(=O)N[C@H]1c2cc(C#N)ccc2OC(C)(C)[C@@H]1O. The van der Waals surface area contributed by atoms with Crippen molar-refractivity contribution in [2.75, 3.05) is 6.61 Å². The molecule has 1 aliphatic rings. The van der Waals surface area contributed by atoms with Crippen LogP contribution in [0.5, 0.6) is 5.75 Å². The molecule has 0 saturated carbocycles. The number of amides is 1. The fraction of sp³-hybridized carbons (Fsp3) is 0.467. The first-order valence-corrected chi connectivity index (χ1v) is 6.73. The molecule has 0 bridgehead atoms. The van der Waals surface area contributed by atoms with Crippen LogP contribution >= 0.6 is 0 Å². The van der Waals surface area contributed by atoms with Crippen molar-refractivity contribution in [3.8, 4) is 11.8 Å². The zero-order valence-electron chi connectivity index (χ0n) is 12.2. The van der Waals surface area contributed by atoms with Crippen LogP contribution in [0.25, 0.3) is 0 Å². The number of nitrogens with zero attached hydrogens (tertiary/aromatic N) is 1. The number of nitriles is 1. The van der Waals surface area contributed by atoms with E-state index in [9.17, 15) is 9.90 Å². The van der Waals surface area contributed by atoms with Gasteiger partial charge >= 0.3 is 6.09 Å². The van der Waals surface area contributed by atoms with Gasteiger partial charge in [0, 0.05) is 5.56 Å². The van der Waals surface area contributed by atoms with Crippen LogP contribution in [0, 0.1) is 11.3 Å². The highest BCUT2D eigenvalue weighted by Gasteiger charge is 2.43. The predicted octanol–water partition coefficient (Wildman–Crippen LogP) is 1.88. The molecule has 2 rings (SSSR count). The van der Waals surface area contributed by atoms with Gasteiger partial charge in [-0.3, -0.25) is 0 Å². The molecule has 1 aromatic rings. The van der Waals surface area contributed by atoms with Crippen molar-refractivity contribution in [2.24, 2.45) is 0 Å². The number of carbonyl (C=O) groups excluding carboxylic acids is 1. The van der Waals surface area contributed by atoms with Gasteiger partial charge in [-0.2, -0.15) is 5.26 Å². The highest BCUT2D eigenvalue weighted by Crippen LogP contribution is 2.40. The van der Waals surface area contributed by atoms with Crippen LogP contribution in [0.3, 0.4) is 0 Å². The third kappa shape index (κ3) is 2.93. The number of aliphatic hydroxyl groups excluding tert-OH is 1. The average molecular weight is 290 g/mol. The number of ether oxygens (including phenoxy) is 2. The van der Waals surface area contributed by atoms with Gasteiger partial charge in [0.1, 0.15) is 17.5 Å². The van der Waals surface area contributed by atoms with Crippen molar-refractivity contribution >= 4 is 6.09 Å². The van der Waals surface area contributed by atoms with Crippen molar-refractivity contribution < 1.29 is 19.4 Å². The number of aliphatic hydroxyl groups is 1. The van der Waals surface area contributed by atoms with Gasteiger partial charge in [0.15, 0.2) is 0 Å². The van der Waals surface area contributed by atoms with E-state index in [0.717, 1.165) is 0 Å². The van der Waals surface area contributed by atoms with Crippen LogP contribution in [-0.4, -0.2) is 29.5 Å². The second-order valence-corrected chi connectivity index (χ2v) is 5.36. The number of carbonyl (C=O) groups is 1. The van der Waals surface area contributed by atoms with E-state index in [2.05, 4.69) is 5.32 Å². The summed E-state index contributed by atoms with van der Waals surface area (Å²) in [6.07, 6.45) is -1.59. The Morgan fingerprint density at radius 3 is 2.90 bits per heavy atom.